The smallest absolute Gasteiger partial charge is 0.0917 e. The van der Waals surface area contributed by atoms with Gasteiger partial charge < -0.3 is 0 Å². The number of hydrogen-bond donors (Lipinski definition) is 0. The average molecular weight is 285 g/mol. The van der Waals surface area contributed by atoms with Crippen molar-refractivity contribution in [3.8, 4) is 11.4 Å². The van der Waals surface area contributed by atoms with Crippen molar-refractivity contribution in [3.63, 3.8) is 0 Å². The molecule has 0 atom stereocenters. The second-order valence-corrected chi connectivity index (χ2v) is 3.32. The molecule has 2 aromatic rings. The molecule has 0 aliphatic rings. The first-order valence-electron chi connectivity index (χ1n) is 4.62. The molecule has 2 aromatic heterocycles. The van der Waals surface area contributed by atoms with Gasteiger partial charge in [-0.05, 0) is 43.2 Å². The molecule has 3 heteroatoms. The van der Waals surface area contributed by atoms with Crippen molar-refractivity contribution >= 4 is 0 Å². The molecule has 0 bridgehead atoms. The van der Waals surface area contributed by atoms with Crippen LogP contribution in [-0.2, 0) is 19.5 Å². The summed E-state index contributed by atoms with van der Waals surface area (Å²) in [5.74, 6) is 0. The Hall–Kier alpha value is -1.08. The van der Waals surface area contributed by atoms with E-state index in [1.54, 1.807) is 6.20 Å². The maximum absolute atomic E-state index is 4.35. The second-order valence-electron chi connectivity index (χ2n) is 3.32. The fraction of sp³-hybridized carbons (Fsp3) is 0.167. The summed E-state index contributed by atoms with van der Waals surface area (Å²) < 4.78 is 0. The van der Waals surface area contributed by atoms with Crippen LogP contribution in [0.4, 0.5) is 0 Å². The van der Waals surface area contributed by atoms with Crippen LogP contribution in [0.15, 0.2) is 36.7 Å². The minimum Gasteiger partial charge on any atom is -0.255 e. The molecule has 2 heterocycles. The first-order chi connectivity index (χ1) is 6.79. The van der Waals surface area contributed by atoms with E-state index in [4.69, 9.17) is 0 Å². The fourth-order valence-corrected chi connectivity index (χ4v) is 1.39. The molecular weight excluding hydrogens is 273 g/mol. The van der Waals surface area contributed by atoms with E-state index in [1.807, 2.05) is 30.5 Å². The number of rotatable bonds is 1. The molecule has 0 aliphatic carbocycles. The Bertz CT molecular complexity index is 441. The van der Waals surface area contributed by atoms with Crippen LogP contribution in [0, 0.1) is 13.8 Å². The van der Waals surface area contributed by atoms with E-state index in [0.29, 0.717) is 0 Å². The van der Waals surface area contributed by atoms with Crippen molar-refractivity contribution in [2.75, 3.05) is 0 Å². The van der Waals surface area contributed by atoms with Gasteiger partial charge in [0, 0.05) is 31.9 Å². The van der Waals surface area contributed by atoms with Gasteiger partial charge in [0.2, 0.25) is 0 Å². The van der Waals surface area contributed by atoms with Crippen molar-refractivity contribution in [2.45, 2.75) is 13.8 Å². The maximum Gasteiger partial charge on any atom is 0.0917 e. The van der Waals surface area contributed by atoms with Gasteiger partial charge in [0.1, 0.15) is 0 Å². The zero-order valence-corrected chi connectivity index (χ0v) is 10.5. The van der Waals surface area contributed by atoms with Crippen molar-refractivity contribution in [1.82, 2.24) is 9.97 Å². The van der Waals surface area contributed by atoms with Crippen molar-refractivity contribution in [3.05, 3.63) is 47.8 Å². The van der Waals surface area contributed by atoms with Gasteiger partial charge in [-0.2, -0.15) is 0 Å². The molecule has 0 saturated heterocycles. The zero-order valence-electron chi connectivity index (χ0n) is 8.71. The molecule has 15 heavy (non-hydrogen) atoms. The normalized spacial score (nSPS) is 9.47. The van der Waals surface area contributed by atoms with Crippen LogP contribution in [0.1, 0.15) is 11.1 Å². The number of pyridine rings is 2. The van der Waals surface area contributed by atoms with Gasteiger partial charge in [-0.15, -0.1) is 0 Å². The molecule has 78 valence electrons. The molecule has 2 nitrogen and oxygen atoms in total. The van der Waals surface area contributed by atoms with Gasteiger partial charge in [-0.25, -0.2) is 0 Å². The summed E-state index contributed by atoms with van der Waals surface area (Å²) in [5.41, 5.74) is 4.37. The van der Waals surface area contributed by atoms with E-state index in [9.17, 15) is 0 Å². The molecule has 0 N–H and O–H groups in total. The largest absolute Gasteiger partial charge is 0.255 e. The molecular formula is C12H12N2Ru. The van der Waals surface area contributed by atoms with E-state index < -0.39 is 0 Å². The summed E-state index contributed by atoms with van der Waals surface area (Å²) in [7, 11) is 0. The SMILES string of the molecule is Cc1ccnc(-c2ccccn2)c1C.[Ru]. The van der Waals surface area contributed by atoms with E-state index in [-0.39, 0.29) is 19.5 Å². The Morgan fingerprint density at radius 1 is 0.933 bits per heavy atom. The van der Waals surface area contributed by atoms with E-state index in [1.165, 1.54) is 11.1 Å². The topological polar surface area (TPSA) is 25.8 Å². The molecule has 0 unspecified atom stereocenters. The van der Waals surface area contributed by atoms with Crippen molar-refractivity contribution < 1.29 is 19.5 Å². The quantitative estimate of drug-likeness (QED) is 0.753. The van der Waals surface area contributed by atoms with Crippen LogP contribution in [0.2, 0.25) is 0 Å². The van der Waals surface area contributed by atoms with Crippen molar-refractivity contribution in [2.24, 2.45) is 0 Å². The number of aryl methyl sites for hydroxylation is 1. The van der Waals surface area contributed by atoms with Crippen LogP contribution in [-0.4, -0.2) is 9.97 Å². The van der Waals surface area contributed by atoms with Gasteiger partial charge in [0.15, 0.2) is 0 Å². The zero-order chi connectivity index (χ0) is 9.97. The molecule has 0 spiro atoms. The molecule has 0 amide bonds. The van der Waals surface area contributed by atoms with Crippen LogP contribution < -0.4 is 0 Å². The minimum atomic E-state index is 0. The number of nitrogens with zero attached hydrogens (tertiary/aromatic N) is 2. The number of hydrogen-bond acceptors (Lipinski definition) is 2. The van der Waals surface area contributed by atoms with Crippen LogP contribution >= 0.6 is 0 Å². The number of aromatic nitrogens is 2. The van der Waals surface area contributed by atoms with Gasteiger partial charge in [-0.1, -0.05) is 6.07 Å². The first kappa shape index (κ1) is 12.0. The molecule has 0 aromatic carbocycles. The summed E-state index contributed by atoms with van der Waals surface area (Å²) in [4.78, 5) is 8.64. The maximum atomic E-state index is 4.35. The molecule has 0 radical (unpaired) electrons. The Balaban J connectivity index is 0.00000112. The predicted octanol–water partition coefficient (Wildman–Crippen LogP) is 2.76. The van der Waals surface area contributed by atoms with Crippen molar-refractivity contribution in [1.29, 1.82) is 0 Å². The van der Waals surface area contributed by atoms with Gasteiger partial charge in [-0.3, -0.25) is 9.97 Å². The van der Waals surface area contributed by atoms with Gasteiger partial charge in [0.05, 0.1) is 11.4 Å². The second kappa shape index (κ2) is 5.13. The van der Waals surface area contributed by atoms with E-state index in [2.05, 4.69) is 23.8 Å². The summed E-state index contributed by atoms with van der Waals surface area (Å²) in [6.45, 7) is 4.16. The molecule has 0 aliphatic heterocycles. The standard InChI is InChI=1S/C12H12N2.Ru/c1-9-6-8-14-12(10(9)2)11-5-3-4-7-13-11;/h3-8H,1-2H3;. The van der Waals surface area contributed by atoms with E-state index in [0.717, 1.165) is 11.4 Å². The summed E-state index contributed by atoms with van der Waals surface area (Å²) in [5, 5.41) is 0. The fourth-order valence-electron chi connectivity index (χ4n) is 1.39. The van der Waals surface area contributed by atoms with Gasteiger partial charge >= 0.3 is 0 Å². The molecule has 2 rings (SSSR count). The minimum absolute atomic E-state index is 0. The summed E-state index contributed by atoms with van der Waals surface area (Å²) in [6, 6.07) is 7.89. The van der Waals surface area contributed by atoms with E-state index >= 15 is 0 Å². The Morgan fingerprint density at radius 2 is 1.73 bits per heavy atom. The average Bonchev–Trinajstić information content (AvgIpc) is 2.23. The first-order valence-corrected chi connectivity index (χ1v) is 4.62. The Kier molecular flexibility index (Phi) is 4.10. The van der Waals surface area contributed by atoms with Crippen LogP contribution in [0.5, 0.6) is 0 Å². The Labute approximate surface area is 103 Å². The third-order valence-corrected chi connectivity index (χ3v) is 2.38. The van der Waals surface area contributed by atoms with Gasteiger partial charge in [0.25, 0.3) is 0 Å². The summed E-state index contributed by atoms with van der Waals surface area (Å²) >= 11 is 0. The Morgan fingerprint density at radius 3 is 2.40 bits per heavy atom. The summed E-state index contributed by atoms with van der Waals surface area (Å²) in [6.07, 6.45) is 3.62. The molecule has 0 saturated carbocycles. The van der Waals surface area contributed by atoms with Crippen LogP contribution in [0.25, 0.3) is 11.4 Å². The molecule has 0 fully saturated rings. The third kappa shape index (κ3) is 2.48. The third-order valence-electron chi connectivity index (χ3n) is 2.38. The van der Waals surface area contributed by atoms with Crippen LogP contribution in [0.3, 0.4) is 0 Å². The monoisotopic (exact) mass is 286 g/mol. The predicted molar refractivity (Wildman–Crippen MR) is 56.9 cm³/mol.